The van der Waals surface area contributed by atoms with E-state index in [1.165, 1.54) is 5.56 Å². The number of nitrogens with zero attached hydrogens (tertiary/aromatic N) is 3. The molecule has 25 heavy (non-hydrogen) atoms. The van der Waals surface area contributed by atoms with Crippen molar-refractivity contribution in [2.45, 2.75) is 25.6 Å². The number of hydrogen-bond donors (Lipinski definition) is 0. The molecule has 1 aliphatic rings. The maximum Gasteiger partial charge on any atom is 0.151 e. The quantitative estimate of drug-likeness (QED) is 0.792. The van der Waals surface area contributed by atoms with Crippen LogP contribution in [0, 0.1) is 0 Å². The fourth-order valence-corrected chi connectivity index (χ4v) is 4.97. The van der Waals surface area contributed by atoms with E-state index in [2.05, 4.69) is 28.1 Å². The molecule has 5 nitrogen and oxygen atoms in total. The first kappa shape index (κ1) is 17.9. The minimum absolute atomic E-state index is 0.0683. The maximum atomic E-state index is 11.9. The second kappa shape index (κ2) is 7.54. The van der Waals surface area contributed by atoms with Crippen LogP contribution in [0.1, 0.15) is 17.5 Å². The topological polar surface area (TPSA) is 53.5 Å². The summed E-state index contributed by atoms with van der Waals surface area (Å²) in [6, 6.07) is 14.4. The number of aromatic nitrogens is 1. The van der Waals surface area contributed by atoms with Crippen molar-refractivity contribution in [3.63, 3.8) is 0 Å². The summed E-state index contributed by atoms with van der Waals surface area (Å²) in [5.41, 5.74) is 2.30. The molecule has 1 aromatic carbocycles. The van der Waals surface area contributed by atoms with Crippen LogP contribution in [0.2, 0.25) is 0 Å². The molecule has 0 N–H and O–H groups in total. The van der Waals surface area contributed by atoms with Gasteiger partial charge < -0.3 is 4.90 Å². The Morgan fingerprint density at radius 1 is 1.04 bits per heavy atom. The predicted octanol–water partition coefficient (Wildman–Crippen LogP) is 2.34. The number of rotatable bonds is 6. The highest BCUT2D eigenvalue weighted by Crippen LogP contribution is 2.22. The van der Waals surface area contributed by atoms with Gasteiger partial charge in [-0.3, -0.25) is 4.90 Å². The molecule has 0 aliphatic carbocycles. The van der Waals surface area contributed by atoms with E-state index >= 15 is 0 Å². The van der Waals surface area contributed by atoms with Gasteiger partial charge in [0.05, 0.1) is 11.5 Å². The number of pyridine rings is 1. The van der Waals surface area contributed by atoms with E-state index in [9.17, 15) is 8.42 Å². The number of hydrogen-bond acceptors (Lipinski definition) is 5. The summed E-state index contributed by atoms with van der Waals surface area (Å²) in [6.45, 7) is 1.45. The molecule has 0 saturated carbocycles. The lowest BCUT2D eigenvalue weighted by molar-refractivity contribution is 0.194. The molecule has 6 heteroatoms. The summed E-state index contributed by atoms with van der Waals surface area (Å²) >= 11 is 0. The van der Waals surface area contributed by atoms with E-state index in [1.807, 2.05) is 49.5 Å². The normalized spacial score (nSPS) is 19.2. The number of anilines is 1. The zero-order valence-corrected chi connectivity index (χ0v) is 15.6. The van der Waals surface area contributed by atoms with Crippen LogP contribution in [0.4, 0.5) is 5.82 Å². The van der Waals surface area contributed by atoms with Crippen molar-refractivity contribution in [3.05, 3.63) is 59.8 Å². The standard InChI is InChI=1S/C19H25N3O2S/c1-21(2)19-9-8-17(12-20-19)14-22(13-16-6-4-3-5-7-16)18-10-11-25(23,24)15-18/h3-9,12,18H,10-11,13-15H2,1-2H3. The molecule has 1 unspecified atom stereocenters. The Kier molecular flexibility index (Phi) is 5.39. The Morgan fingerprint density at radius 2 is 1.76 bits per heavy atom. The van der Waals surface area contributed by atoms with Crippen molar-refractivity contribution < 1.29 is 8.42 Å². The van der Waals surface area contributed by atoms with Gasteiger partial charge in [0.2, 0.25) is 0 Å². The molecule has 0 amide bonds. The van der Waals surface area contributed by atoms with Gasteiger partial charge >= 0.3 is 0 Å². The van der Waals surface area contributed by atoms with Crippen LogP contribution in [0.15, 0.2) is 48.7 Å². The Morgan fingerprint density at radius 3 is 2.32 bits per heavy atom. The van der Waals surface area contributed by atoms with Crippen LogP contribution in [-0.2, 0) is 22.9 Å². The molecule has 0 radical (unpaired) electrons. The van der Waals surface area contributed by atoms with E-state index in [-0.39, 0.29) is 11.8 Å². The van der Waals surface area contributed by atoms with Crippen LogP contribution in [0.3, 0.4) is 0 Å². The van der Waals surface area contributed by atoms with Crippen LogP contribution in [-0.4, -0.2) is 49.9 Å². The van der Waals surface area contributed by atoms with E-state index < -0.39 is 9.84 Å². The Labute approximate surface area is 150 Å². The lowest BCUT2D eigenvalue weighted by Crippen LogP contribution is -2.35. The van der Waals surface area contributed by atoms with Gasteiger partial charge in [0.15, 0.2) is 9.84 Å². The van der Waals surface area contributed by atoms with Gasteiger partial charge in [0, 0.05) is 39.4 Å². The Balaban J connectivity index is 1.78. The summed E-state index contributed by atoms with van der Waals surface area (Å²) in [6.07, 6.45) is 2.59. The zero-order valence-electron chi connectivity index (χ0n) is 14.8. The molecule has 1 atom stereocenters. The Hall–Kier alpha value is -1.92. The van der Waals surface area contributed by atoms with E-state index in [0.717, 1.165) is 17.9 Å². The summed E-state index contributed by atoms with van der Waals surface area (Å²) < 4.78 is 23.9. The number of benzene rings is 1. The summed E-state index contributed by atoms with van der Waals surface area (Å²) in [5, 5.41) is 0. The fourth-order valence-electron chi connectivity index (χ4n) is 3.20. The minimum Gasteiger partial charge on any atom is -0.363 e. The summed E-state index contributed by atoms with van der Waals surface area (Å²) in [4.78, 5) is 8.71. The minimum atomic E-state index is -2.91. The third-order valence-electron chi connectivity index (χ3n) is 4.61. The van der Waals surface area contributed by atoms with Crippen molar-refractivity contribution in [3.8, 4) is 0 Å². The average Bonchev–Trinajstić information content (AvgIpc) is 2.96. The van der Waals surface area contributed by atoms with Crippen LogP contribution >= 0.6 is 0 Å². The highest BCUT2D eigenvalue weighted by Gasteiger charge is 2.32. The molecule has 1 aliphatic heterocycles. The predicted molar refractivity (Wildman–Crippen MR) is 101 cm³/mol. The molecular weight excluding hydrogens is 334 g/mol. The number of sulfone groups is 1. The highest BCUT2D eigenvalue weighted by molar-refractivity contribution is 7.91. The molecule has 0 bridgehead atoms. The molecule has 3 rings (SSSR count). The molecule has 2 heterocycles. The second-order valence-electron chi connectivity index (χ2n) is 6.87. The van der Waals surface area contributed by atoms with Gasteiger partial charge in [-0.15, -0.1) is 0 Å². The van der Waals surface area contributed by atoms with Gasteiger partial charge in [-0.25, -0.2) is 13.4 Å². The fraction of sp³-hybridized carbons (Fsp3) is 0.421. The van der Waals surface area contributed by atoms with E-state index in [0.29, 0.717) is 18.7 Å². The highest BCUT2D eigenvalue weighted by atomic mass is 32.2. The van der Waals surface area contributed by atoms with Gasteiger partial charge in [-0.1, -0.05) is 36.4 Å². The van der Waals surface area contributed by atoms with Gasteiger partial charge in [-0.2, -0.15) is 0 Å². The zero-order chi connectivity index (χ0) is 17.9. The average molecular weight is 359 g/mol. The van der Waals surface area contributed by atoms with E-state index in [1.54, 1.807) is 0 Å². The van der Waals surface area contributed by atoms with Crippen molar-refractivity contribution in [2.24, 2.45) is 0 Å². The van der Waals surface area contributed by atoms with Crippen LogP contribution in [0.5, 0.6) is 0 Å². The monoisotopic (exact) mass is 359 g/mol. The maximum absolute atomic E-state index is 11.9. The van der Waals surface area contributed by atoms with Crippen molar-refractivity contribution in [1.29, 1.82) is 0 Å². The lowest BCUT2D eigenvalue weighted by atomic mass is 10.1. The molecule has 1 aromatic heterocycles. The SMILES string of the molecule is CN(C)c1ccc(CN(Cc2ccccc2)C2CCS(=O)(=O)C2)cn1. The van der Waals surface area contributed by atoms with Gasteiger partial charge in [0.25, 0.3) is 0 Å². The van der Waals surface area contributed by atoms with Crippen LogP contribution < -0.4 is 4.90 Å². The van der Waals surface area contributed by atoms with E-state index in [4.69, 9.17) is 0 Å². The van der Waals surface area contributed by atoms with Crippen molar-refractivity contribution in [2.75, 3.05) is 30.5 Å². The second-order valence-corrected chi connectivity index (χ2v) is 9.10. The third-order valence-corrected chi connectivity index (χ3v) is 6.36. The molecule has 1 fully saturated rings. The van der Waals surface area contributed by atoms with Crippen LogP contribution in [0.25, 0.3) is 0 Å². The van der Waals surface area contributed by atoms with Crippen molar-refractivity contribution in [1.82, 2.24) is 9.88 Å². The Bertz CT molecular complexity index is 789. The van der Waals surface area contributed by atoms with Gasteiger partial charge in [-0.05, 0) is 23.6 Å². The molecule has 134 valence electrons. The molecule has 0 spiro atoms. The smallest absolute Gasteiger partial charge is 0.151 e. The summed E-state index contributed by atoms with van der Waals surface area (Å²) in [5.74, 6) is 1.46. The first-order chi connectivity index (χ1) is 11.9. The molecule has 1 saturated heterocycles. The third kappa shape index (κ3) is 4.80. The van der Waals surface area contributed by atoms with Crippen molar-refractivity contribution >= 4 is 15.7 Å². The molecule has 2 aromatic rings. The first-order valence-electron chi connectivity index (χ1n) is 8.53. The first-order valence-corrected chi connectivity index (χ1v) is 10.4. The van der Waals surface area contributed by atoms with Gasteiger partial charge in [0.1, 0.15) is 5.82 Å². The lowest BCUT2D eigenvalue weighted by Gasteiger charge is -2.28. The molecular formula is C19H25N3O2S. The largest absolute Gasteiger partial charge is 0.363 e. The summed E-state index contributed by atoms with van der Waals surface area (Å²) in [7, 11) is 1.02.